The number of benzene rings is 2. The van der Waals surface area contributed by atoms with Crippen LogP contribution in [0.15, 0.2) is 47.6 Å². The van der Waals surface area contributed by atoms with E-state index in [2.05, 4.69) is 60.6 Å². The van der Waals surface area contributed by atoms with Crippen LogP contribution in [0.4, 0.5) is 5.69 Å². The average Bonchev–Trinajstić information content (AvgIpc) is 3.12. The first-order chi connectivity index (χ1) is 14.7. The number of amides is 1. The van der Waals surface area contributed by atoms with Gasteiger partial charge in [-0.15, -0.1) is 10.2 Å². The molecule has 8 heteroatoms. The monoisotopic (exact) mass is 440 g/mol. The number of nitrogens with zero attached hydrogens (tertiary/aromatic N) is 3. The Morgan fingerprint density at radius 3 is 2.39 bits per heavy atom. The molecule has 1 N–H and O–H groups in total. The first-order valence-corrected chi connectivity index (χ1v) is 10.9. The molecule has 0 fully saturated rings. The lowest BCUT2D eigenvalue weighted by atomic mass is 9.87. The molecule has 1 heterocycles. The summed E-state index contributed by atoms with van der Waals surface area (Å²) in [7, 11) is 5.03. The molecule has 164 valence electrons. The second-order valence-electron chi connectivity index (χ2n) is 8.10. The van der Waals surface area contributed by atoms with E-state index in [1.54, 1.807) is 32.4 Å². The van der Waals surface area contributed by atoms with E-state index in [1.807, 2.05) is 11.6 Å². The third-order valence-electron chi connectivity index (χ3n) is 4.86. The molecule has 3 aromatic rings. The van der Waals surface area contributed by atoms with Crippen LogP contribution in [-0.4, -0.2) is 40.6 Å². The molecule has 0 spiro atoms. The maximum Gasteiger partial charge on any atom is 0.234 e. The highest BCUT2D eigenvalue weighted by atomic mass is 32.2. The van der Waals surface area contributed by atoms with Crippen molar-refractivity contribution in [2.75, 3.05) is 25.3 Å². The summed E-state index contributed by atoms with van der Waals surface area (Å²) in [5.41, 5.74) is 2.90. The third kappa shape index (κ3) is 5.38. The van der Waals surface area contributed by atoms with E-state index in [0.29, 0.717) is 22.3 Å². The van der Waals surface area contributed by atoms with Gasteiger partial charge < -0.3 is 19.4 Å². The standard InChI is InChI=1S/C23H28N4O3S/c1-23(2,3)16-9-7-15(8-10-16)21-25-26-22(27(21)4)31-14-20(28)24-18-13-17(29-5)11-12-19(18)30-6/h7-13H,14H2,1-6H3,(H,24,28). The number of hydrogen-bond donors (Lipinski definition) is 1. The molecule has 3 rings (SSSR count). The Hall–Kier alpha value is -3.00. The van der Waals surface area contributed by atoms with Gasteiger partial charge in [-0.25, -0.2) is 0 Å². The van der Waals surface area contributed by atoms with Crippen molar-refractivity contribution < 1.29 is 14.3 Å². The Labute approximate surface area is 187 Å². The number of methoxy groups -OCH3 is 2. The zero-order chi connectivity index (χ0) is 22.6. The highest BCUT2D eigenvalue weighted by molar-refractivity contribution is 7.99. The van der Waals surface area contributed by atoms with Gasteiger partial charge in [-0.3, -0.25) is 4.79 Å². The van der Waals surface area contributed by atoms with Gasteiger partial charge in [0.1, 0.15) is 11.5 Å². The summed E-state index contributed by atoms with van der Waals surface area (Å²) in [6, 6.07) is 13.6. The largest absolute Gasteiger partial charge is 0.497 e. The molecular weight excluding hydrogens is 412 g/mol. The molecule has 31 heavy (non-hydrogen) atoms. The number of aromatic nitrogens is 3. The van der Waals surface area contributed by atoms with E-state index in [9.17, 15) is 4.79 Å². The van der Waals surface area contributed by atoms with Crippen molar-refractivity contribution in [3.05, 3.63) is 48.0 Å². The molecule has 0 radical (unpaired) electrons. The van der Waals surface area contributed by atoms with Gasteiger partial charge in [0.05, 0.1) is 25.7 Å². The molecule has 7 nitrogen and oxygen atoms in total. The van der Waals surface area contributed by atoms with Crippen molar-refractivity contribution in [1.29, 1.82) is 0 Å². The van der Waals surface area contributed by atoms with Crippen molar-refractivity contribution in [2.24, 2.45) is 7.05 Å². The highest BCUT2D eigenvalue weighted by Crippen LogP contribution is 2.30. The first kappa shape index (κ1) is 22.7. The fourth-order valence-corrected chi connectivity index (χ4v) is 3.75. The van der Waals surface area contributed by atoms with Crippen molar-refractivity contribution in [1.82, 2.24) is 14.8 Å². The zero-order valence-electron chi connectivity index (χ0n) is 18.7. The number of carbonyl (C=O) groups excluding carboxylic acids is 1. The van der Waals surface area contributed by atoms with Crippen LogP contribution in [0.3, 0.4) is 0 Å². The lowest BCUT2D eigenvalue weighted by molar-refractivity contribution is -0.113. The Balaban J connectivity index is 1.67. The number of carbonyl (C=O) groups is 1. The normalized spacial score (nSPS) is 11.3. The number of rotatable bonds is 7. The Morgan fingerprint density at radius 1 is 1.06 bits per heavy atom. The van der Waals surface area contributed by atoms with Crippen LogP contribution in [0, 0.1) is 0 Å². The van der Waals surface area contributed by atoms with Crippen molar-refractivity contribution >= 4 is 23.4 Å². The van der Waals surface area contributed by atoms with Gasteiger partial charge in [-0.05, 0) is 23.1 Å². The molecular formula is C23H28N4O3S. The van der Waals surface area contributed by atoms with Crippen LogP contribution < -0.4 is 14.8 Å². The van der Waals surface area contributed by atoms with E-state index >= 15 is 0 Å². The predicted octanol–water partition coefficient (Wildman–Crippen LogP) is 4.53. The van der Waals surface area contributed by atoms with Crippen LogP contribution in [0.1, 0.15) is 26.3 Å². The summed E-state index contributed by atoms with van der Waals surface area (Å²) in [6.45, 7) is 6.56. The molecule has 2 aromatic carbocycles. The van der Waals surface area contributed by atoms with Gasteiger partial charge in [-0.1, -0.05) is 56.8 Å². The van der Waals surface area contributed by atoms with Gasteiger partial charge >= 0.3 is 0 Å². The minimum atomic E-state index is -0.171. The summed E-state index contributed by atoms with van der Waals surface area (Å²) >= 11 is 1.33. The van der Waals surface area contributed by atoms with Gasteiger partial charge in [-0.2, -0.15) is 0 Å². The highest BCUT2D eigenvalue weighted by Gasteiger charge is 2.17. The number of ether oxygens (including phenoxy) is 2. The van der Waals surface area contributed by atoms with Gasteiger partial charge in [0, 0.05) is 18.7 Å². The van der Waals surface area contributed by atoms with Gasteiger partial charge in [0.2, 0.25) is 5.91 Å². The maximum absolute atomic E-state index is 12.5. The minimum absolute atomic E-state index is 0.0955. The fourth-order valence-electron chi connectivity index (χ4n) is 3.04. The number of anilines is 1. The summed E-state index contributed by atoms with van der Waals surface area (Å²) in [5, 5.41) is 12.1. The molecule has 0 saturated carbocycles. The van der Waals surface area contributed by atoms with Crippen LogP contribution in [0.5, 0.6) is 11.5 Å². The summed E-state index contributed by atoms with van der Waals surface area (Å²) in [4.78, 5) is 12.5. The lowest BCUT2D eigenvalue weighted by Gasteiger charge is -2.19. The van der Waals surface area contributed by atoms with E-state index in [0.717, 1.165) is 11.4 Å². The molecule has 0 unspecified atom stereocenters. The maximum atomic E-state index is 12.5. The molecule has 1 aromatic heterocycles. The van der Waals surface area contributed by atoms with Crippen LogP contribution in [0.25, 0.3) is 11.4 Å². The molecule has 0 saturated heterocycles. The van der Waals surface area contributed by atoms with Crippen LogP contribution in [-0.2, 0) is 17.3 Å². The van der Waals surface area contributed by atoms with Crippen molar-refractivity contribution in [3.63, 3.8) is 0 Å². The Kier molecular flexibility index (Phi) is 6.90. The smallest absolute Gasteiger partial charge is 0.234 e. The summed E-state index contributed by atoms with van der Waals surface area (Å²) in [5.74, 6) is 1.99. The second kappa shape index (κ2) is 9.43. The molecule has 0 aliphatic carbocycles. The second-order valence-corrected chi connectivity index (χ2v) is 9.04. The first-order valence-electron chi connectivity index (χ1n) is 9.88. The third-order valence-corrected chi connectivity index (χ3v) is 5.88. The fraction of sp³-hybridized carbons (Fsp3) is 0.348. The van der Waals surface area contributed by atoms with E-state index in [1.165, 1.54) is 17.3 Å². The summed E-state index contributed by atoms with van der Waals surface area (Å²) in [6.07, 6.45) is 0. The number of thioether (sulfide) groups is 1. The topological polar surface area (TPSA) is 78.3 Å². The van der Waals surface area contributed by atoms with Gasteiger partial charge in [0.15, 0.2) is 11.0 Å². The SMILES string of the molecule is COc1ccc(OC)c(NC(=O)CSc2nnc(-c3ccc(C(C)(C)C)cc3)n2C)c1. The molecule has 0 aliphatic heterocycles. The van der Waals surface area contributed by atoms with Crippen LogP contribution >= 0.6 is 11.8 Å². The quantitative estimate of drug-likeness (QED) is 0.544. The minimum Gasteiger partial charge on any atom is -0.497 e. The molecule has 1 amide bonds. The van der Waals surface area contributed by atoms with Crippen molar-refractivity contribution in [3.8, 4) is 22.9 Å². The van der Waals surface area contributed by atoms with E-state index in [4.69, 9.17) is 9.47 Å². The number of nitrogens with one attached hydrogen (secondary N) is 1. The predicted molar refractivity (Wildman–Crippen MR) is 124 cm³/mol. The molecule has 0 atom stereocenters. The Bertz CT molecular complexity index is 1060. The van der Waals surface area contributed by atoms with Crippen molar-refractivity contribution in [2.45, 2.75) is 31.3 Å². The van der Waals surface area contributed by atoms with E-state index < -0.39 is 0 Å². The van der Waals surface area contributed by atoms with E-state index in [-0.39, 0.29) is 17.1 Å². The van der Waals surface area contributed by atoms with Crippen LogP contribution in [0.2, 0.25) is 0 Å². The van der Waals surface area contributed by atoms with Gasteiger partial charge in [0.25, 0.3) is 0 Å². The zero-order valence-corrected chi connectivity index (χ0v) is 19.5. The number of hydrogen-bond acceptors (Lipinski definition) is 6. The Morgan fingerprint density at radius 2 is 1.77 bits per heavy atom. The lowest BCUT2D eigenvalue weighted by Crippen LogP contribution is -2.15. The molecule has 0 bridgehead atoms. The average molecular weight is 441 g/mol. The molecule has 0 aliphatic rings. The summed E-state index contributed by atoms with van der Waals surface area (Å²) < 4.78 is 12.4.